The molecule has 5 heteroatoms. The molecule has 0 spiro atoms. The van der Waals surface area contributed by atoms with Crippen LogP contribution in [0.25, 0.3) is 0 Å². The van der Waals surface area contributed by atoms with Crippen LogP contribution in [0.3, 0.4) is 0 Å². The molecule has 0 amide bonds. The van der Waals surface area contributed by atoms with Gasteiger partial charge in [-0.2, -0.15) is 0 Å². The van der Waals surface area contributed by atoms with Gasteiger partial charge in [-0.3, -0.25) is 0 Å². The molecule has 27 heavy (non-hydrogen) atoms. The molecule has 0 aromatic heterocycles. The summed E-state index contributed by atoms with van der Waals surface area (Å²) in [6.07, 6.45) is 11.2. The first-order valence-corrected chi connectivity index (χ1v) is 10.2. The van der Waals surface area contributed by atoms with Crippen LogP contribution in [0.1, 0.15) is 84.5 Å². The van der Waals surface area contributed by atoms with E-state index in [0.29, 0.717) is 6.61 Å². The zero-order valence-electron chi connectivity index (χ0n) is 17.3. The molecule has 0 radical (unpaired) electrons. The standard InChI is InChI=1S/C22H38O5/c1-5-6-7-8-9-10-11-12-13-14-15-26-22(25)19(4)16-20(23)17-27-21(24)18(2)3/h20,23H,2,4-17H2,1,3H3. The van der Waals surface area contributed by atoms with Crippen LogP contribution in [-0.4, -0.2) is 36.4 Å². The van der Waals surface area contributed by atoms with Gasteiger partial charge in [0.1, 0.15) is 6.61 Å². The fourth-order valence-electron chi connectivity index (χ4n) is 2.58. The maximum atomic E-state index is 11.8. The largest absolute Gasteiger partial charge is 0.462 e. The van der Waals surface area contributed by atoms with Crippen LogP contribution in [0.15, 0.2) is 24.3 Å². The normalized spacial score (nSPS) is 11.7. The van der Waals surface area contributed by atoms with E-state index < -0.39 is 18.0 Å². The van der Waals surface area contributed by atoms with Crippen molar-refractivity contribution < 1.29 is 24.2 Å². The summed E-state index contributed by atoms with van der Waals surface area (Å²) in [6, 6.07) is 0. The van der Waals surface area contributed by atoms with Gasteiger partial charge in [0.2, 0.25) is 0 Å². The van der Waals surface area contributed by atoms with E-state index in [1.165, 1.54) is 58.3 Å². The molecule has 0 bridgehead atoms. The van der Waals surface area contributed by atoms with Crippen molar-refractivity contribution in [3.8, 4) is 0 Å². The van der Waals surface area contributed by atoms with Crippen LogP contribution in [-0.2, 0) is 19.1 Å². The molecule has 0 saturated carbocycles. The highest BCUT2D eigenvalue weighted by Crippen LogP contribution is 2.11. The Morgan fingerprint density at radius 2 is 1.37 bits per heavy atom. The smallest absolute Gasteiger partial charge is 0.333 e. The van der Waals surface area contributed by atoms with Gasteiger partial charge < -0.3 is 14.6 Å². The molecule has 0 aromatic rings. The Kier molecular flexibility index (Phi) is 15.6. The van der Waals surface area contributed by atoms with E-state index in [9.17, 15) is 14.7 Å². The number of hydrogen-bond acceptors (Lipinski definition) is 5. The maximum Gasteiger partial charge on any atom is 0.333 e. The van der Waals surface area contributed by atoms with Crippen LogP contribution < -0.4 is 0 Å². The maximum absolute atomic E-state index is 11.8. The minimum absolute atomic E-state index is 0.0142. The number of carbonyl (C=O) groups is 2. The molecular weight excluding hydrogens is 344 g/mol. The first kappa shape index (κ1) is 25.4. The number of ether oxygens (including phenoxy) is 2. The second-order valence-electron chi connectivity index (χ2n) is 7.16. The molecule has 1 N–H and O–H groups in total. The quantitative estimate of drug-likeness (QED) is 0.221. The van der Waals surface area contributed by atoms with Crippen molar-refractivity contribution in [2.75, 3.05) is 13.2 Å². The Morgan fingerprint density at radius 1 is 0.852 bits per heavy atom. The number of hydrogen-bond donors (Lipinski definition) is 1. The van der Waals surface area contributed by atoms with Crippen molar-refractivity contribution >= 4 is 11.9 Å². The topological polar surface area (TPSA) is 72.8 Å². The molecule has 0 saturated heterocycles. The number of carbonyl (C=O) groups excluding carboxylic acids is 2. The first-order chi connectivity index (χ1) is 12.9. The molecule has 1 atom stereocenters. The average molecular weight is 383 g/mol. The summed E-state index contributed by atoms with van der Waals surface area (Å²) in [5.41, 5.74) is 0.442. The fraction of sp³-hybridized carbons (Fsp3) is 0.727. The second-order valence-corrected chi connectivity index (χ2v) is 7.16. The van der Waals surface area contributed by atoms with Crippen LogP contribution in [0.4, 0.5) is 0 Å². The van der Waals surface area contributed by atoms with Crippen molar-refractivity contribution in [2.45, 2.75) is 90.6 Å². The van der Waals surface area contributed by atoms with E-state index in [1.807, 2.05) is 0 Å². The van der Waals surface area contributed by atoms with Gasteiger partial charge >= 0.3 is 11.9 Å². The Balaban J connectivity index is 3.62. The zero-order chi connectivity index (χ0) is 20.5. The summed E-state index contributed by atoms with van der Waals surface area (Å²) in [7, 11) is 0. The minimum atomic E-state index is -0.981. The van der Waals surface area contributed by atoms with Crippen LogP contribution in [0, 0.1) is 0 Å². The Labute approximate surface area is 164 Å². The molecule has 0 aliphatic carbocycles. The predicted molar refractivity (Wildman–Crippen MR) is 108 cm³/mol. The van der Waals surface area contributed by atoms with Crippen LogP contribution in [0.2, 0.25) is 0 Å². The van der Waals surface area contributed by atoms with Gasteiger partial charge in [-0.05, 0) is 13.3 Å². The van der Waals surface area contributed by atoms with Gasteiger partial charge in [-0.1, -0.05) is 77.9 Å². The van der Waals surface area contributed by atoms with Gasteiger partial charge in [0, 0.05) is 17.6 Å². The first-order valence-electron chi connectivity index (χ1n) is 10.2. The summed E-state index contributed by atoms with van der Waals surface area (Å²) in [6.45, 7) is 11.0. The molecule has 0 rings (SSSR count). The van der Waals surface area contributed by atoms with Crippen LogP contribution >= 0.6 is 0 Å². The highest BCUT2D eigenvalue weighted by Gasteiger charge is 2.15. The summed E-state index contributed by atoms with van der Waals surface area (Å²) in [5, 5.41) is 9.78. The Hall–Kier alpha value is -1.62. The predicted octanol–water partition coefficient (Wildman–Crippen LogP) is 4.88. The number of rotatable bonds is 17. The lowest BCUT2D eigenvalue weighted by molar-refractivity contribution is -0.142. The third-order valence-electron chi connectivity index (χ3n) is 4.26. The van der Waals surface area contributed by atoms with Crippen molar-refractivity contribution in [1.29, 1.82) is 0 Å². The highest BCUT2D eigenvalue weighted by atomic mass is 16.5. The van der Waals surface area contributed by atoms with Gasteiger partial charge in [0.15, 0.2) is 0 Å². The van der Waals surface area contributed by atoms with E-state index in [-0.39, 0.29) is 24.2 Å². The van der Waals surface area contributed by atoms with Gasteiger partial charge in [-0.15, -0.1) is 0 Å². The molecule has 156 valence electrons. The molecule has 0 aromatic carbocycles. The molecule has 0 aliphatic heterocycles. The average Bonchev–Trinajstić information content (AvgIpc) is 2.63. The summed E-state index contributed by atoms with van der Waals surface area (Å²) >= 11 is 0. The van der Waals surface area contributed by atoms with Crippen LogP contribution in [0.5, 0.6) is 0 Å². The van der Waals surface area contributed by atoms with Crippen molar-refractivity contribution in [1.82, 2.24) is 0 Å². The summed E-state index contributed by atoms with van der Waals surface area (Å²) < 4.78 is 10.0. The van der Waals surface area contributed by atoms with Crippen molar-refractivity contribution in [3.63, 3.8) is 0 Å². The third-order valence-corrected chi connectivity index (χ3v) is 4.26. The summed E-state index contributed by atoms with van der Waals surface area (Å²) in [4.78, 5) is 23.1. The fourth-order valence-corrected chi connectivity index (χ4v) is 2.58. The molecular formula is C22H38O5. The zero-order valence-corrected chi connectivity index (χ0v) is 17.3. The molecule has 0 heterocycles. The number of aliphatic hydroxyl groups excluding tert-OH is 1. The lowest BCUT2D eigenvalue weighted by Crippen LogP contribution is -2.21. The monoisotopic (exact) mass is 382 g/mol. The van der Waals surface area contributed by atoms with E-state index in [2.05, 4.69) is 20.1 Å². The van der Waals surface area contributed by atoms with E-state index in [4.69, 9.17) is 9.47 Å². The molecule has 0 fully saturated rings. The minimum Gasteiger partial charge on any atom is -0.462 e. The Bertz CT molecular complexity index is 456. The van der Waals surface area contributed by atoms with E-state index in [1.54, 1.807) is 0 Å². The highest BCUT2D eigenvalue weighted by molar-refractivity contribution is 5.88. The number of esters is 2. The van der Waals surface area contributed by atoms with Gasteiger partial charge in [0.25, 0.3) is 0 Å². The summed E-state index contributed by atoms with van der Waals surface area (Å²) in [5.74, 6) is -1.07. The SMILES string of the molecule is C=C(C)C(=O)OCC(O)CC(=C)C(=O)OCCCCCCCCCCCC. The van der Waals surface area contributed by atoms with Gasteiger partial charge in [-0.25, -0.2) is 9.59 Å². The van der Waals surface area contributed by atoms with Crippen molar-refractivity contribution in [3.05, 3.63) is 24.3 Å². The van der Waals surface area contributed by atoms with E-state index >= 15 is 0 Å². The Morgan fingerprint density at radius 3 is 1.89 bits per heavy atom. The molecule has 0 aliphatic rings. The van der Waals surface area contributed by atoms with Gasteiger partial charge in [0.05, 0.1) is 12.7 Å². The lowest BCUT2D eigenvalue weighted by Gasteiger charge is -2.12. The third kappa shape index (κ3) is 15.2. The second kappa shape index (κ2) is 16.5. The van der Waals surface area contributed by atoms with E-state index in [0.717, 1.165) is 12.8 Å². The van der Waals surface area contributed by atoms with Crippen molar-refractivity contribution in [2.24, 2.45) is 0 Å². The number of unbranched alkanes of at least 4 members (excludes halogenated alkanes) is 9. The lowest BCUT2D eigenvalue weighted by atomic mass is 10.1. The molecule has 5 nitrogen and oxygen atoms in total. The number of aliphatic hydroxyl groups is 1. The molecule has 1 unspecified atom stereocenters.